The summed E-state index contributed by atoms with van der Waals surface area (Å²) in [5.41, 5.74) is 0.661. The smallest absolute Gasteiger partial charge is 0.279 e. The number of rotatable bonds is 4. The molecule has 0 aromatic carbocycles. The van der Waals surface area contributed by atoms with E-state index in [1.807, 2.05) is 0 Å². The molecule has 0 atom stereocenters. The third-order valence-corrected chi connectivity index (χ3v) is 3.38. The highest BCUT2D eigenvalue weighted by Gasteiger charge is 2.15. The van der Waals surface area contributed by atoms with Crippen LogP contribution in [0.5, 0.6) is 0 Å². The lowest BCUT2D eigenvalue weighted by Gasteiger charge is -2.06. The van der Waals surface area contributed by atoms with E-state index in [-0.39, 0.29) is 5.03 Å². The number of anilines is 1. The fourth-order valence-corrected chi connectivity index (χ4v) is 2.23. The summed E-state index contributed by atoms with van der Waals surface area (Å²) in [4.78, 5) is 18.0. The summed E-state index contributed by atoms with van der Waals surface area (Å²) in [6.45, 7) is 0. The molecule has 2 aromatic heterocycles. The van der Waals surface area contributed by atoms with E-state index in [0.29, 0.717) is 17.5 Å². The predicted molar refractivity (Wildman–Crippen MR) is 64.7 cm³/mol. The van der Waals surface area contributed by atoms with Gasteiger partial charge in [0, 0.05) is 18.0 Å². The molecule has 2 aromatic rings. The summed E-state index contributed by atoms with van der Waals surface area (Å²) in [5.74, 6) is 0. The zero-order valence-electron chi connectivity index (χ0n) is 9.15. The first-order valence-corrected chi connectivity index (χ1v) is 6.44. The Morgan fingerprint density at radius 3 is 2.56 bits per heavy atom. The standard InChI is InChI=1S/C11H9N3O3S/c15-8-9-3-4-11(13-6-9)18(16,17)14-10-2-1-5-12-7-10/h1-8,14H. The molecule has 0 amide bonds. The van der Waals surface area contributed by atoms with Crippen LogP contribution in [0.3, 0.4) is 0 Å². The molecule has 2 rings (SSSR count). The number of hydrogen-bond acceptors (Lipinski definition) is 5. The van der Waals surface area contributed by atoms with Crippen LogP contribution >= 0.6 is 0 Å². The third-order valence-electron chi connectivity index (χ3n) is 2.08. The highest BCUT2D eigenvalue weighted by Crippen LogP contribution is 2.12. The van der Waals surface area contributed by atoms with Gasteiger partial charge in [-0.05, 0) is 24.3 Å². The van der Waals surface area contributed by atoms with Gasteiger partial charge in [0.25, 0.3) is 10.0 Å². The summed E-state index contributed by atoms with van der Waals surface area (Å²) < 4.78 is 26.2. The van der Waals surface area contributed by atoms with Crippen LogP contribution in [-0.4, -0.2) is 24.7 Å². The van der Waals surface area contributed by atoms with Gasteiger partial charge in [0.15, 0.2) is 11.3 Å². The zero-order chi connectivity index (χ0) is 13.0. The summed E-state index contributed by atoms with van der Waals surface area (Å²) in [7, 11) is -3.76. The van der Waals surface area contributed by atoms with Crippen molar-refractivity contribution < 1.29 is 13.2 Å². The van der Waals surface area contributed by atoms with Crippen molar-refractivity contribution in [3.05, 3.63) is 48.4 Å². The first-order valence-electron chi connectivity index (χ1n) is 4.96. The van der Waals surface area contributed by atoms with Gasteiger partial charge >= 0.3 is 0 Å². The molecule has 0 bridgehead atoms. The third kappa shape index (κ3) is 2.69. The monoisotopic (exact) mass is 263 g/mol. The second kappa shape index (κ2) is 4.92. The predicted octanol–water partition coefficient (Wildman–Crippen LogP) is 1.09. The molecule has 0 aliphatic heterocycles. The molecule has 0 saturated heterocycles. The maximum atomic E-state index is 11.9. The molecule has 92 valence electrons. The second-order valence-electron chi connectivity index (χ2n) is 3.39. The molecule has 0 fully saturated rings. The van der Waals surface area contributed by atoms with E-state index < -0.39 is 10.0 Å². The SMILES string of the molecule is O=Cc1ccc(S(=O)(=O)Nc2cccnc2)nc1. The topological polar surface area (TPSA) is 89.0 Å². The minimum absolute atomic E-state index is 0.156. The highest BCUT2D eigenvalue weighted by molar-refractivity contribution is 7.92. The Labute approximate surface area is 104 Å². The number of pyridine rings is 2. The van der Waals surface area contributed by atoms with Crippen molar-refractivity contribution in [3.63, 3.8) is 0 Å². The van der Waals surface area contributed by atoms with Crippen LogP contribution < -0.4 is 4.72 Å². The number of carbonyl (C=O) groups is 1. The molecular formula is C11H9N3O3S. The van der Waals surface area contributed by atoms with Crippen molar-refractivity contribution in [1.29, 1.82) is 0 Å². The van der Waals surface area contributed by atoms with E-state index in [1.165, 1.54) is 30.7 Å². The minimum Gasteiger partial charge on any atom is -0.298 e. The maximum Gasteiger partial charge on any atom is 0.279 e. The van der Waals surface area contributed by atoms with Gasteiger partial charge in [-0.3, -0.25) is 14.5 Å². The molecule has 6 nitrogen and oxygen atoms in total. The number of nitrogens with one attached hydrogen (secondary N) is 1. The van der Waals surface area contributed by atoms with Gasteiger partial charge < -0.3 is 0 Å². The van der Waals surface area contributed by atoms with E-state index in [1.54, 1.807) is 12.1 Å². The molecule has 0 radical (unpaired) electrons. The van der Waals surface area contributed by atoms with Crippen molar-refractivity contribution in [2.75, 3.05) is 4.72 Å². The molecule has 1 N–H and O–H groups in total. The van der Waals surface area contributed by atoms with Crippen molar-refractivity contribution >= 4 is 22.0 Å². The fraction of sp³-hybridized carbons (Fsp3) is 0. The van der Waals surface area contributed by atoms with Crippen molar-refractivity contribution in [2.45, 2.75) is 5.03 Å². The van der Waals surface area contributed by atoms with Gasteiger partial charge in [0.05, 0.1) is 11.9 Å². The summed E-state index contributed by atoms with van der Waals surface area (Å²) >= 11 is 0. The average molecular weight is 263 g/mol. The van der Waals surface area contributed by atoms with E-state index in [2.05, 4.69) is 14.7 Å². The normalized spacial score (nSPS) is 10.9. The van der Waals surface area contributed by atoms with Gasteiger partial charge in [0.2, 0.25) is 0 Å². The van der Waals surface area contributed by atoms with Gasteiger partial charge in [-0.1, -0.05) is 0 Å². The number of nitrogens with zero attached hydrogens (tertiary/aromatic N) is 2. The average Bonchev–Trinajstić information content (AvgIpc) is 2.39. The van der Waals surface area contributed by atoms with Crippen molar-refractivity contribution in [1.82, 2.24) is 9.97 Å². The zero-order valence-corrected chi connectivity index (χ0v) is 9.96. The Morgan fingerprint density at radius 1 is 1.17 bits per heavy atom. The number of sulfonamides is 1. The lowest BCUT2D eigenvalue weighted by atomic mass is 10.3. The summed E-state index contributed by atoms with van der Waals surface area (Å²) in [6.07, 6.45) is 4.72. The van der Waals surface area contributed by atoms with Crippen LogP contribution in [0, 0.1) is 0 Å². The largest absolute Gasteiger partial charge is 0.298 e. The number of aldehydes is 1. The Hall–Kier alpha value is -2.28. The van der Waals surface area contributed by atoms with Gasteiger partial charge in [-0.25, -0.2) is 4.98 Å². The second-order valence-corrected chi connectivity index (χ2v) is 5.02. The van der Waals surface area contributed by atoms with Crippen LogP contribution in [0.15, 0.2) is 47.9 Å². The Morgan fingerprint density at radius 2 is 2.00 bits per heavy atom. The molecule has 2 heterocycles. The van der Waals surface area contributed by atoms with Crippen molar-refractivity contribution in [2.24, 2.45) is 0 Å². The highest BCUT2D eigenvalue weighted by atomic mass is 32.2. The molecule has 0 aliphatic rings. The molecule has 0 unspecified atom stereocenters. The summed E-state index contributed by atoms with van der Waals surface area (Å²) in [6, 6.07) is 5.84. The van der Waals surface area contributed by atoms with E-state index in [9.17, 15) is 13.2 Å². The molecule has 0 aliphatic carbocycles. The van der Waals surface area contributed by atoms with Gasteiger partial charge in [-0.2, -0.15) is 8.42 Å². The lowest BCUT2D eigenvalue weighted by Crippen LogP contribution is -2.14. The minimum atomic E-state index is -3.76. The van der Waals surface area contributed by atoms with Crippen LogP contribution in [0.4, 0.5) is 5.69 Å². The first kappa shape index (κ1) is 12.2. The lowest BCUT2D eigenvalue weighted by molar-refractivity contribution is 0.112. The summed E-state index contributed by atoms with van der Waals surface area (Å²) in [5, 5.41) is -0.156. The Balaban J connectivity index is 2.28. The van der Waals surface area contributed by atoms with E-state index in [0.717, 1.165) is 0 Å². The van der Waals surface area contributed by atoms with Gasteiger partial charge in [0.1, 0.15) is 0 Å². The van der Waals surface area contributed by atoms with Gasteiger partial charge in [-0.15, -0.1) is 0 Å². The quantitative estimate of drug-likeness (QED) is 0.834. The van der Waals surface area contributed by atoms with E-state index in [4.69, 9.17) is 0 Å². The van der Waals surface area contributed by atoms with Crippen molar-refractivity contribution in [3.8, 4) is 0 Å². The molecule has 0 saturated carbocycles. The van der Waals surface area contributed by atoms with E-state index >= 15 is 0 Å². The van der Waals surface area contributed by atoms with Crippen LogP contribution in [0.1, 0.15) is 10.4 Å². The number of aromatic nitrogens is 2. The first-order chi connectivity index (χ1) is 8.62. The molecule has 0 spiro atoms. The molecule has 7 heteroatoms. The fourth-order valence-electron chi connectivity index (χ4n) is 1.25. The molecular weight excluding hydrogens is 254 g/mol. The van der Waals surface area contributed by atoms with Crippen LogP contribution in [0.2, 0.25) is 0 Å². The maximum absolute atomic E-state index is 11.9. The Kier molecular flexibility index (Phi) is 3.33. The Bertz CT molecular complexity index is 639. The number of hydrogen-bond donors (Lipinski definition) is 1. The van der Waals surface area contributed by atoms with Crippen LogP contribution in [0.25, 0.3) is 0 Å². The molecule has 18 heavy (non-hydrogen) atoms. The van der Waals surface area contributed by atoms with Crippen LogP contribution in [-0.2, 0) is 10.0 Å². The number of carbonyl (C=O) groups excluding carboxylic acids is 1.